The summed E-state index contributed by atoms with van der Waals surface area (Å²) in [7, 11) is 1.42. The normalized spacial score (nSPS) is 11.2. The molecule has 0 saturated heterocycles. The molecule has 0 saturated carbocycles. The van der Waals surface area contributed by atoms with Crippen LogP contribution in [-0.2, 0) is 0 Å². The molecule has 10 aromatic rings. The Kier molecular flexibility index (Phi) is 9.53. The Hall–Kier alpha value is -7.80. The fourth-order valence-electron chi connectivity index (χ4n) is 6.79. The number of benzene rings is 6. The van der Waals surface area contributed by atoms with E-state index in [9.17, 15) is 17.6 Å². The van der Waals surface area contributed by atoms with Crippen LogP contribution in [-0.4, -0.2) is 37.0 Å². The molecule has 0 atom stereocenters. The third-order valence-corrected chi connectivity index (χ3v) is 9.78. The summed E-state index contributed by atoms with van der Waals surface area (Å²) < 4.78 is 74.0. The van der Waals surface area contributed by atoms with Gasteiger partial charge >= 0.3 is 0 Å². The quantitative estimate of drug-likeness (QED) is 0.148. The van der Waals surface area contributed by atoms with Crippen molar-refractivity contribution in [2.45, 2.75) is 6.92 Å². The number of fused-ring (bicyclic) bond motifs is 2. The van der Waals surface area contributed by atoms with Crippen LogP contribution in [0.1, 0.15) is 5.56 Å². The van der Waals surface area contributed by atoms with Gasteiger partial charge in [0.05, 0.1) is 53.0 Å². The van der Waals surface area contributed by atoms with Crippen LogP contribution in [0.15, 0.2) is 155 Å². The number of hydrogen-bond donors (Lipinski definition) is 0. The number of rotatable bonds is 7. The maximum Gasteiger partial charge on any atom is 0.174 e. The molecule has 0 spiro atoms. The highest BCUT2D eigenvalue weighted by molar-refractivity contribution is 5.95. The zero-order valence-electron chi connectivity index (χ0n) is 31.3. The van der Waals surface area contributed by atoms with Gasteiger partial charge in [0.15, 0.2) is 34.7 Å². The second kappa shape index (κ2) is 15.3. The summed E-state index contributed by atoms with van der Waals surface area (Å²) >= 11 is 0. The van der Waals surface area contributed by atoms with E-state index in [-0.39, 0.29) is 11.6 Å². The van der Waals surface area contributed by atoms with Gasteiger partial charge in [-0.1, -0.05) is 40.1 Å². The number of methoxy groups -OCH3 is 1. The van der Waals surface area contributed by atoms with Gasteiger partial charge in [0.2, 0.25) is 0 Å². The lowest BCUT2D eigenvalue weighted by Crippen LogP contribution is -1.98. The van der Waals surface area contributed by atoms with Crippen molar-refractivity contribution in [3.8, 4) is 62.3 Å². The first-order valence-corrected chi connectivity index (χ1v) is 18.2. The van der Waals surface area contributed by atoms with Crippen LogP contribution < -0.4 is 4.74 Å². The molecule has 0 fully saturated rings. The third-order valence-electron chi connectivity index (χ3n) is 9.78. The number of aromatic nitrogens is 6. The van der Waals surface area contributed by atoms with E-state index in [1.165, 1.54) is 36.9 Å². The highest BCUT2D eigenvalue weighted by Gasteiger charge is 2.18. The van der Waals surface area contributed by atoms with Gasteiger partial charge in [0, 0.05) is 22.3 Å². The standard InChI is InChI=1S/C23H15F2N3O2.C23H15F2N3O/c1-29-22-9-3-15(13-19(22)25)23-18-12-14(2-8-20(18)27-30-23)21-10-11-26-28(21)17-6-4-16(24)5-7-17;1-14-2-6-17(7-3-14)28-22(10-11-26-28)15-5-9-21-18(12-15)23(29-27-21)16-4-8-19(24)20(25)13-16/h2-13H,1H3;2-13H,1H3. The van der Waals surface area contributed by atoms with Crippen LogP contribution in [0.3, 0.4) is 0 Å². The Bertz CT molecular complexity index is 3110. The predicted octanol–water partition coefficient (Wildman–Crippen LogP) is 11.6. The van der Waals surface area contributed by atoms with Crippen LogP contribution in [0.4, 0.5) is 17.6 Å². The fraction of sp³-hybridized carbons (Fsp3) is 0.0435. The SMILES string of the molecule is COc1ccc(-c2onc3ccc(-c4ccnn4-c4ccc(F)cc4)cc23)cc1F.Cc1ccc(-n2nccc2-c2ccc3noc(-c4ccc(F)c(F)c4)c3c2)cc1. The van der Waals surface area contributed by atoms with E-state index in [1.807, 2.05) is 84.4 Å². The van der Waals surface area contributed by atoms with Crippen molar-refractivity contribution >= 4 is 21.8 Å². The van der Waals surface area contributed by atoms with Gasteiger partial charge in [-0.15, -0.1) is 0 Å². The Morgan fingerprint density at radius 2 is 0.983 bits per heavy atom. The largest absolute Gasteiger partial charge is 0.494 e. The highest BCUT2D eigenvalue weighted by atomic mass is 19.2. The summed E-state index contributed by atoms with van der Waals surface area (Å²) in [6.45, 7) is 2.04. The molecule has 0 unspecified atom stereocenters. The molecule has 290 valence electrons. The number of ether oxygens (including phenoxy) is 1. The van der Waals surface area contributed by atoms with E-state index >= 15 is 0 Å². The van der Waals surface area contributed by atoms with Crippen molar-refractivity contribution in [2.75, 3.05) is 7.11 Å². The van der Waals surface area contributed by atoms with Crippen molar-refractivity contribution in [3.63, 3.8) is 0 Å². The topological polar surface area (TPSA) is 96.9 Å². The van der Waals surface area contributed by atoms with Gasteiger partial charge in [-0.25, -0.2) is 26.9 Å². The zero-order chi connectivity index (χ0) is 40.6. The number of hydrogen-bond acceptors (Lipinski definition) is 7. The molecular formula is C46H30F4N6O3. The molecule has 10 rings (SSSR count). The second-order valence-corrected chi connectivity index (χ2v) is 13.5. The minimum Gasteiger partial charge on any atom is -0.494 e. The second-order valence-electron chi connectivity index (χ2n) is 13.5. The molecule has 59 heavy (non-hydrogen) atoms. The maximum atomic E-state index is 14.2. The molecule has 6 aromatic carbocycles. The van der Waals surface area contributed by atoms with Gasteiger partial charge in [0.1, 0.15) is 16.9 Å². The van der Waals surface area contributed by atoms with E-state index in [0.717, 1.165) is 51.4 Å². The molecule has 0 amide bonds. The predicted molar refractivity (Wildman–Crippen MR) is 215 cm³/mol. The molecule has 0 N–H and O–H groups in total. The van der Waals surface area contributed by atoms with Gasteiger partial charge in [-0.3, -0.25) is 0 Å². The van der Waals surface area contributed by atoms with Crippen molar-refractivity contribution in [1.29, 1.82) is 0 Å². The van der Waals surface area contributed by atoms with Crippen molar-refractivity contribution < 1.29 is 31.3 Å². The van der Waals surface area contributed by atoms with Gasteiger partial charge < -0.3 is 13.8 Å². The molecule has 0 aliphatic rings. The minimum atomic E-state index is -0.930. The number of aryl methyl sites for hydroxylation is 1. The Morgan fingerprint density at radius 3 is 1.49 bits per heavy atom. The van der Waals surface area contributed by atoms with Gasteiger partial charge in [-0.05, 0) is 116 Å². The van der Waals surface area contributed by atoms with Crippen LogP contribution in [0.25, 0.3) is 78.3 Å². The van der Waals surface area contributed by atoms with Crippen LogP contribution in [0.2, 0.25) is 0 Å². The minimum absolute atomic E-state index is 0.159. The summed E-state index contributed by atoms with van der Waals surface area (Å²) in [6, 6.07) is 37.6. The van der Waals surface area contributed by atoms with Gasteiger partial charge in [-0.2, -0.15) is 10.2 Å². The van der Waals surface area contributed by atoms with E-state index < -0.39 is 17.5 Å². The molecule has 4 aromatic heterocycles. The maximum absolute atomic E-state index is 14.2. The van der Waals surface area contributed by atoms with E-state index in [0.29, 0.717) is 39.1 Å². The summed E-state index contributed by atoms with van der Waals surface area (Å²) in [5.41, 5.74) is 8.60. The lowest BCUT2D eigenvalue weighted by Gasteiger charge is -2.08. The first-order valence-electron chi connectivity index (χ1n) is 18.2. The first-order chi connectivity index (χ1) is 28.7. The molecular weight excluding hydrogens is 761 g/mol. The molecule has 0 bridgehead atoms. The smallest absolute Gasteiger partial charge is 0.174 e. The average molecular weight is 791 g/mol. The van der Waals surface area contributed by atoms with Crippen LogP contribution in [0, 0.1) is 30.2 Å². The summed E-state index contributed by atoms with van der Waals surface area (Å²) in [5, 5.41) is 18.4. The molecule has 4 heterocycles. The number of halogens is 4. The van der Waals surface area contributed by atoms with Gasteiger partial charge in [0.25, 0.3) is 0 Å². The van der Waals surface area contributed by atoms with E-state index in [2.05, 4.69) is 20.5 Å². The lowest BCUT2D eigenvalue weighted by molar-refractivity contribution is 0.386. The monoisotopic (exact) mass is 790 g/mol. The fourth-order valence-corrected chi connectivity index (χ4v) is 6.79. The summed E-state index contributed by atoms with van der Waals surface area (Å²) in [6.07, 6.45) is 3.42. The van der Waals surface area contributed by atoms with E-state index in [1.54, 1.807) is 41.3 Å². The third kappa shape index (κ3) is 7.10. The Labute approximate surface area is 333 Å². The molecule has 0 radical (unpaired) electrons. The summed E-state index contributed by atoms with van der Waals surface area (Å²) in [4.78, 5) is 0. The molecule has 9 nitrogen and oxygen atoms in total. The highest BCUT2D eigenvalue weighted by Crippen LogP contribution is 2.36. The van der Waals surface area contributed by atoms with Crippen LogP contribution >= 0.6 is 0 Å². The Morgan fingerprint density at radius 1 is 0.492 bits per heavy atom. The summed E-state index contributed by atoms with van der Waals surface area (Å²) in [5.74, 6) is -1.62. The van der Waals surface area contributed by atoms with Crippen molar-refractivity contribution in [2.24, 2.45) is 0 Å². The van der Waals surface area contributed by atoms with Crippen molar-refractivity contribution in [3.05, 3.63) is 175 Å². The van der Waals surface area contributed by atoms with E-state index in [4.69, 9.17) is 13.8 Å². The van der Waals surface area contributed by atoms with Crippen molar-refractivity contribution in [1.82, 2.24) is 29.9 Å². The molecule has 0 aliphatic heterocycles. The first kappa shape index (κ1) is 36.8. The Balaban J connectivity index is 0.000000152. The zero-order valence-corrected chi connectivity index (χ0v) is 31.3. The lowest BCUT2D eigenvalue weighted by atomic mass is 10.0. The van der Waals surface area contributed by atoms with Crippen LogP contribution in [0.5, 0.6) is 5.75 Å². The molecule has 13 heteroatoms. The average Bonchev–Trinajstić information content (AvgIpc) is 4.09. The number of nitrogens with zero attached hydrogens (tertiary/aromatic N) is 6. The molecule has 0 aliphatic carbocycles.